The lowest BCUT2D eigenvalue weighted by Gasteiger charge is -2.40. The monoisotopic (exact) mass is 464 g/mol. The van der Waals surface area contributed by atoms with Gasteiger partial charge in [0, 0.05) is 44.1 Å². The Balaban J connectivity index is 1.30. The number of amides is 3. The lowest BCUT2D eigenvalue weighted by Crippen LogP contribution is -2.58. The van der Waals surface area contributed by atoms with E-state index in [1.807, 2.05) is 36.3 Å². The van der Waals surface area contributed by atoms with Crippen molar-refractivity contribution in [2.75, 3.05) is 43.4 Å². The Labute approximate surface area is 196 Å². The molecule has 1 fully saturated rings. The summed E-state index contributed by atoms with van der Waals surface area (Å²) >= 11 is 0. The van der Waals surface area contributed by atoms with Crippen molar-refractivity contribution in [3.63, 3.8) is 0 Å². The molecule has 176 valence electrons. The van der Waals surface area contributed by atoms with Crippen LogP contribution in [0, 0.1) is 5.82 Å². The first-order valence-corrected chi connectivity index (χ1v) is 11.1. The van der Waals surface area contributed by atoms with Crippen LogP contribution in [0.2, 0.25) is 0 Å². The van der Waals surface area contributed by atoms with E-state index in [0.29, 0.717) is 43.4 Å². The molecule has 3 heterocycles. The van der Waals surface area contributed by atoms with Gasteiger partial charge in [-0.1, -0.05) is 6.07 Å². The lowest BCUT2D eigenvalue weighted by atomic mass is 10.1. The molecule has 34 heavy (non-hydrogen) atoms. The van der Waals surface area contributed by atoms with Crippen molar-refractivity contribution in [3.8, 4) is 16.9 Å². The summed E-state index contributed by atoms with van der Waals surface area (Å²) in [6, 6.07) is 10.9. The van der Waals surface area contributed by atoms with E-state index < -0.39 is 0 Å². The Morgan fingerprint density at radius 3 is 2.76 bits per heavy atom. The molecule has 1 saturated heterocycles. The SMILES string of the molecule is Cn1cc(-c2ccc3c(c2)NC(=O)CN2CCN(C(=O)Nc4ccc(F)cc4)C[C@H]2CO3)cn1. The van der Waals surface area contributed by atoms with Crippen molar-refractivity contribution in [1.82, 2.24) is 19.6 Å². The lowest BCUT2D eigenvalue weighted by molar-refractivity contribution is -0.118. The van der Waals surface area contributed by atoms with E-state index in [4.69, 9.17) is 4.74 Å². The van der Waals surface area contributed by atoms with E-state index in [1.54, 1.807) is 15.8 Å². The first-order chi connectivity index (χ1) is 16.4. The summed E-state index contributed by atoms with van der Waals surface area (Å²) in [5, 5.41) is 9.97. The summed E-state index contributed by atoms with van der Waals surface area (Å²) in [5.41, 5.74) is 3.00. The number of halogens is 1. The Kier molecular flexibility index (Phi) is 5.89. The molecule has 10 heteroatoms. The number of fused-ring (bicyclic) bond motifs is 2. The Hall–Kier alpha value is -3.92. The molecule has 5 rings (SSSR count). The van der Waals surface area contributed by atoms with Crippen molar-refractivity contribution < 1.29 is 18.7 Å². The normalized spacial score (nSPS) is 18.5. The van der Waals surface area contributed by atoms with Crippen molar-refractivity contribution >= 4 is 23.3 Å². The number of nitrogens with one attached hydrogen (secondary N) is 2. The number of rotatable bonds is 2. The number of benzene rings is 2. The summed E-state index contributed by atoms with van der Waals surface area (Å²) < 4.78 is 21.0. The maximum atomic E-state index is 13.1. The first-order valence-electron chi connectivity index (χ1n) is 11.1. The highest BCUT2D eigenvalue weighted by Gasteiger charge is 2.32. The second kappa shape index (κ2) is 9.14. The van der Waals surface area contributed by atoms with Crippen LogP contribution in [0.1, 0.15) is 0 Å². The first kappa shape index (κ1) is 21.9. The molecule has 2 aromatic carbocycles. The van der Waals surface area contributed by atoms with E-state index in [9.17, 15) is 14.0 Å². The Morgan fingerprint density at radius 1 is 1.18 bits per heavy atom. The molecular weight excluding hydrogens is 439 g/mol. The van der Waals surface area contributed by atoms with Crippen molar-refractivity contribution in [3.05, 3.63) is 60.7 Å². The summed E-state index contributed by atoms with van der Waals surface area (Å²) in [5.74, 6) is 0.0838. The molecule has 1 atom stereocenters. The number of hydrogen-bond donors (Lipinski definition) is 2. The van der Waals surface area contributed by atoms with Crippen LogP contribution >= 0.6 is 0 Å². The van der Waals surface area contributed by atoms with Crippen LogP contribution in [0.4, 0.5) is 20.6 Å². The summed E-state index contributed by atoms with van der Waals surface area (Å²) in [7, 11) is 1.85. The molecule has 0 saturated carbocycles. The minimum Gasteiger partial charge on any atom is -0.490 e. The largest absolute Gasteiger partial charge is 0.490 e. The quantitative estimate of drug-likeness (QED) is 0.609. The van der Waals surface area contributed by atoms with Crippen LogP contribution in [-0.2, 0) is 11.8 Å². The minimum atomic E-state index is -0.361. The van der Waals surface area contributed by atoms with Gasteiger partial charge in [-0.2, -0.15) is 5.10 Å². The molecule has 0 bridgehead atoms. The average Bonchev–Trinajstić information content (AvgIpc) is 3.28. The number of hydrogen-bond acceptors (Lipinski definition) is 5. The third kappa shape index (κ3) is 4.72. The highest BCUT2D eigenvalue weighted by Crippen LogP contribution is 2.32. The van der Waals surface area contributed by atoms with Crippen LogP contribution in [-0.4, -0.2) is 70.3 Å². The number of nitrogens with zero attached hydrogens (tertiary/aromatic N) is 4. The summed E-state index contributed by atoms with van der Waals surface area (Å²) in [6.07, 6.45) is 3.68. The molecule has 0 aliphatic carbocycles. The van der Waals surface area contributed by atoms with Gasteiger partial charge in [-0.05, 0) is 42.0 Å². The van der Waals surface area contributed by atoms with Crippen LogP contribution in [0.25, 0.3) is 11.1 Å². The van der Waals surface area contributed by atoms with Gasteiger partial charge in [0.25, 0.3) is 0 Å². The van der Waals surface area contributed by atoms with E-state index in [1.165, 1.54) is 24.3 Å². The molecule has 1 aromatic heterocycles. The fraction of sp³-hybridized carbons (Fsp3) is 0.292. The summed E-state index contributed by atoms with van der Waals surface area (Å²) in [6.45, 7) is 1.94. The van der Waals surface area contributed by atoms with Gasteiger partial charge in [0.1, 0.15) is 18.2 Å². The van der Waals surface area contributed by atoms with Gasteiger partial charge in [0.05, 0.1) is 24.5 Å². The van der Waals surface area contributed by atoms with Gasteiger partial charge in [-0.25, -0.2) is 9.18 Å². The van der Waals surface area contributed by atoms with Crippen molar-refractivity contribution in [2.45, 2.75) is 6.04 Å². The molecule has 0 spiro atoms. The molecule has 9 nitrogen and oxygen atoms in total. The fourth-order valence-corrected chi connectivity index (χ4v) is 4.24. The zero-order valence-electron chi connectivity index (χ0n) is 18.7. The zero-order chi connectivity index (χ0) is 23.7. The molecule has 0 radical (unpaired) electrons. The number of carbonyl (C=O) groups is 2. The van der Waals surface area contributed by atoms with Gasteiger partial charge >= 0.3 is 6.03 Å². The van der Waals surface area contributed by atoms with Crippen molar-refractivity contribution in [2.24, 2.45) is 7.05 Å². The summed E-state index contributed by atoms with van der Waals surface area (Å²) in [4.78, 5) is 29.3. The third-order valence-corrected chi connectivity index (χ3v) is 6.06. The van der Waals surface area contributed by atoms with Crippen LogP contribution in [0.3, 0.4) is 0 Å². The standard InChI is InChI=1S/C24H25FN6O3/c1-29-12-17(11-26-29)16-2-7-22-21(10-16)28-23(32)14-30-8-9-31(13-20(30)15-34-22)24(33)27-19-5-3-18(25)4-6-19/h2-7,10-12,20H,8-9,13-15H2,1H3,(H,27,33)(H,28,32)/t20-/m0/s1. The van der Waals surface area contributed by atoms with Gasteiger partial charge in [-0.15, -0.1) is 0 Å². The van der Waals surface area contributed by atoms with E-state index >= 15 is 0 Å². The molecular formula is C24H25FN6O3. The second-order valence-electron chi connectivity index (χ2n) is 8.48. The number of aromatic nitrogens is 2. The van der Waals surface area contributed by atoms with Gasteiger partial charge in [0.15, 0.2) is 0 Å². The second-order valence-corrected chi connectivity index (χ2v) is 8.48. The molecule has 3 aromatic rings. The van der Waals surface area contributed by atoms with E-state index in [0.717, 1.165) is 11.1 Å². The number of ether oxygens (including phenoxy) is 1. The molecule has 2 aliphatic heterocycles. The van der Waals surface area contributed by atoms with Gasteiger partial charge in [0.2, 0.25) is 5.91 Å². The average molecular weight is 465 g/mol. The third-order valence-electron chi connectivity index (χ3n) is 6.06. The topological polar surface area (TPSA) is 91.7 Å². The number of piperazine rings is 1. The van der Waals surface area contributed by atoms with E-state index in [-0.39, 0.29) is 30.3 Å². The number of aryl methyl sites for hydroxylation is 1. The number of carbonyl (C=O) groups excluding carboxylic acids is 2. The van der Waals surface area contributed by atoms with Crippen LogP contribution in [0.5, 0.6) is 5.75 Å². The number of urea groups is 1. The zero-order valence-corrected chi connectivity index (χ0v) is 18.7. The predicted octanol–water partition coefficient (Wildman–Crippen LogP) is 2.78. The molecule has 2 aliphatic rings. The predicted molar refractivity (Wildman–Crippen MR) is 125 cm³/mol. The van der Waals surface area contributed by atoms with E-state index in [2.05, 4.69) is 15.7 Å². The fourth-order valence-electron chi connectivity index (χ4n) is 4.24. The molecule has 3 amide bonds. The van der Waals surface area contributed by atoms with Crippen LogP contribution in [0.15, 0.2) is 54.9 Å². The Bertz CT molecular complexity index is 1210. The minimum absolute atomic E-state index is 0.135. The van der Waals surface area contributed by atoms with Gasteiger partial charge < -0.3 is 20.3 Å². The highest BCUT2D eigenvalue weighted by molar-refractivity contribution is 5.95. The maximum absolute atomic E-state index is 13.1. The molecule has 0 unspecified atom stereocenters. The van der Waals surface area contributed by atoms with Crippen LogP contribution < -0.4 is 15.4 Å². The number of anilines is 2. The smallest absolute Gasteiger partial charge is 0.321 e. The highest BCUT2D eigenvalue weighted by atomic mass is 19.1. The molecule has 2 N–H and O–H groups in total. The maximum Gasteiger partial charge on any atom is 0.321 e. The van der Waals surface area contributed by atoms with Gasteiger partial charge in [-0.3, -0.25) is 14.4 Å². The Morgan fingerprint density at radius 2 is 2.00 bits per heavy atom. The van der Waals surface area contributed by atoms with Crippen molar-refractivity contribution in [1.29, 1.82) is 0 Å².